The summed E-state index contributed by atoms with van der Waals surface area (Å²) in [4.78, 5) is 0. The molecule has 0 saturated heterocycles. The first-order chi connectivity index (χ1) is 10.2. The molecule has 0 amide bonds. The van der Waals surface area contributed by atoms with Gasteiger partial charge in [0.2, 0.25) is 0 Å². The van der Waals surface area contributed by atoms with Gasteiger partial charge in [-0.05, 0) is 48.8 Å². The molecule has 1 atom stereocenters. The Balaban J connectivity index is 1.67. The molecule has 1 aliphatic rings. The minimum atomic E-state index is -0.0914. The van der Waals surface area contributed by atoms with E-state index in [-0.39, 0.29) is 11.7 Å². The number of hydrogen-bond acceptors (Lipinski definition) is 2. The predicted octanol–water partition coefficient (Wildman–Crippen LogP) is 3.03. The van der Waals surface area contributed by atoms with Crippen molar-refractivity contribution in [3.8, 4) is 0 Å². The quantitative estimate of drug-likeness (QED) is 0.848. The van der Waals surface area contributed by atoms with Gasteiger partial charge in [0.15, 0.2) is 0 Å². The van der Waals surface area contributed by atoms with Crippen LogP contribution in [0.1, 0.15) is 36.3 Å². The second-order valence-corrected chi connectivity index (χ2v) is 5.96. The Labute approximate surface area is 125 Å². The van der Waals surface area contributed by atoms with Gasteiger partial charge < -0.3 is 5.32 Å². The fourth-order valence-corrected chi connectivity index (χ4v) is 2.71. The van der Waals surface area contributed by atoms with Crippen molar-refractivity contribution in [2.45, 2.75) is 37.6 Å². The van der Waals surface area contributed by atoms with Gasteiger partial charge in [-0.3, -0.25) is 4.68 Å². The smallest absolute Gasteiger partial charge is 0.126 e. The second-order valence-electron chi connectivity index (χ2n) is 5.96. The summed E-state index contributed by atoms with van der Waals surface area (Å²) in [5.41, 5.74) is 2.04. The van der Waals surface area contributed by atoms with Gasteiger partial charge in [0, 0.05) is 25.8 Å². The number of halogens is 1. The number of benzene rings is 1. The van der Waals surface area contributed by atoms with Crippen LogP contribution in [0.2, 0.25) is 0 Å². The van der Waals surface area contributed by atoms with E-state index in [1.165, 1.54) is 18.4 Å². The molecule has 1 unspecified atom stereocenters. The van der Waals surface area contributed by atoms with Crippen LogP contribution >= 0.6 is 0 Å². The molecule has 0 radical (unpaired) electrons. The molecular formula is C17H22FN3. The number of aryl methyl sites for hydroxylation is 2. The maximum atomic E-state index is 14.1. The number of hydrogen-bond donors (Lipinski definition) is 1. The topological polar surface area (TPSA) is 29.9 Å². The first kappa shape index (κ1) is 14.3. The van der Waals surface area contributed by atoms with E-state index in [0.29, 0.717) is 6.04 Å². The number of nitrogens with one attached hydrogen (secondary N) is 1. The Hall–Kier alpha value is -1.68. The summed E-state index contributed by atoms with van der Waals surface area (Å²) in [6, 6.07) is 7.80. The van der Waals surface area contributed by atoms with E-state index in [1.807, 2.05) is 36.3 Å². The number of aromatic nitrogens is 2. The van der Waals surface area contributed by atoms with Crippen LogP contribution < -0.4 is 5.32 Å². The van der Waals surface area contributed by atoms with Crippen LogP contribution in [0.3, 0.4) is 0 Å². The molecule has 2 aromatic rings. The zero-order valence-corrected chi connectivity index (χ0v) is 12.4. The first-order valence-corrected chi connectivity index (χ1v) is 7.67. The molecule has 4 heteroatoms. The van der Waals surface area contributed by atoms with Crippen molar-refractivity contribution in [3.05, 3.63) is 53.6 Å². The number of rotatable bonds is 7. The standard InChI is InChI=1S/C17H22FN3/c1-21-12-13(10-20-21)6-7-14(11-19-15-8-9-15)16-4-2-3-5-17(16)18/h2-5,10,12,14-15,19H,6-9,11H2,1H3. The van der Waals surface area contributed by atoms with Crippen molar-refractivity contribution >= 4 is 0 Å². The molecule has 1 fully saturated rings. The minimum absolute atomic E-state index is 0.0914. The second kappa shape index (κ2) is 6.39. The van der Waals surface area contributed by atoms with E-state index in [9.17, 15) is 4.39 Å². The van der Waals surface area contributed by atoms with Gasteiger partial charge in [-0.1, -0.05) is 18.2 Å². The molecular weight excluding hydrogens is 265 g/mol. The zero-order valence-electron chi connectivity index (χ0n) is 12.4. The molecule has 1 N–H and O–H groups in total. The molecule has 21 heavy (non-hydrogen) atoms. The number of nitrogens with zero attached hydrogens (tertiary/aromatic N) is 2. The third kappa shape index (κ3) is 3.91. The Morgan fingerprint density at radius 2 is 2.19 bits per heavy atom. The molecule has 1 aromatic heterocycles. The van der Waals surface area contributed by atoms with Gasteiger partial charge in [-0.15, -0.1) is 0 Å². The van der Waals surface area contributed by atoms with Gasteiger partial charge in [0.1, 0.15) is 5.82 Å². The molecule has 1 saturated carbocycles. The van der Waals surface area contributed by atoms with Gasteiger partial charge in [-0.25, -0.2) is 4.39 Å². The van der Waals surface area contributed by atoms with E-state index in [4.69, 9.17) is 0 Å². The third-order valence-corrected chi connectivity index (χ3v) is 4.12. The summed E-state index contributed by atoms with van der Waals surface area (Å²) < 4.78 is 15.9. The summed E-state index contributed by atoms with van der Waals surface area (Å²) in [6.45, 7) is 0.853. The predicted molar refractivity (Wildman–Crippen MR) is 81.7 cm³/mol. The summed E-state index contributed by atoms with van der Waals surface area (Å²) >= 11 is 0. The van der Waals surface area contributed by atoms with Crippen molar-refractivity contribution in [1.29, 1.82) is 0 Å². The maximum absolute atomic E-state index is 14.1. The molecule has 0 bridgehead atoms. The van der Waals surface area contributed by atoms with E-state index >= 15 is 0 Å². The van der Waals surface area contributed by atoms with Crippen molar-refractivity contribution in [1.82, 2.24) is 15.1 Å². The van der Waals surface area contributed by atoms with Crippen molar-refractivity contribution in [2.75, 3.05) is 6.54 Å². The van der Waals surface area contributed by atoms with Gasteiger partial charge in [-0.2, -0.15) is 5.10 Å². The summed E-state index contributed by atoms with van der Waals surface area (Å²) in [5.74, 6) is 0.123. The fourth-order valence-electron chi connectivity index (χ4n) is 2.71. The van der Waals surface area contributed by atoms with Crippen molar-refractivity contribution in [2.24, 2.45) is 7.05 Å². The van der Waals surface area contributed by atoms with Crippen LogP contribution in [0.15, 0.2) is 36.7 Å². The monoisotopic (exact) mass is 287 g/mol. The van der Waals surface area contributed by atoms with Crippen LogP contribution in [0.25, 0.3) is 0 Å². The highest BCUT2D eigenvalue weighted by atomic mass is 19.1. The lowest BCUT2D eigenvalue weighted by atomic mass is 9.92. The highest BCUT2D eigenvalue weighted by Gasteiger charge is 2.23. The first-order valence-electron chi connectivity index (χ1n) is 7.67. The van der Waals surface area contributed by atoms with E-state index < -0.39 is 0 Å². The van der Waals surface area contributed by atoms with Crippen LogP contribution in [-0.4, -0.2) is 22.4 Å². The van der Waals surface area contributed by atoms with Gasteiger partial charge >= 0.3 is 0 Å². The van der Waals surface area contributed by atoms with Crippen molar-refractivity contribution in [3.63, 3.8) is 0 Å². The average molecular weight is 287 g/mol. The summed E-state index contributed by atoms with van der Waals surface area (Å²) in [5, 5.41) is 7.73. The maximum Gasteiger partial charge on any atom is 0.126 e. The normalized spacial score (nSPS) is 16.1. The average Bonchev–Trinajstić information content (AvgIpc) is 3.21. The lowest BCUT2D eigenvalue weighted by Crippen LogP contribution is -2.24. The van der Waals surface area contributed by atoms with Crippen molar-refractivity contribution < 1.29 is 4.39 Å². The Morgan fingerprint density at radius 3 is 2.86 bits per heavy atom. The molecule has 0 spiro atoms. The lowest BCUT2D eigenvalue weighted by molar-refractivity contribution is 0.515. The SMILES string of the molecule is Cn1cc(CCC(CNC2CC2)c2ccccc2F)cn1. The minimum Gasteiger partial charge on any atom is -0.313 e. The molecule has 112 valence electrons. The van der Waals surface area contributed by atoms with Crippen LogP contribution in [0.4, 0.5) is 4.39 Å². The highest BCUT2D eigenvalue weighted by Crippen LogP contribution is 2.26. The lowest BCUT2D eigenvalue weighted by Gasteiger charge is -2.18. The molecule has 0 aliphatic heterocycles. The largest absolute Gasteiger partial charge is 0.313 e. The zero-order chi connectivity index (χ0) is 14.7. The van der Waals surface area contributed by atoms with E-state index in [0.717, 1.165) is 24.9 Å². The Kier molecular flexibility index (Phi) is 4.34. The van der Waals surface area contributed by atoms with Crippen LogP contribution in [0, 0.1) is 5.82 Å². The van der Waals surface area contributed by atoms with E-state index in [2.05, 4.69) is 10.4 Å². The summed E-state index contributed by atoms with van der Waals surface area (Å²) in [6.07, 6.45) is 8.31. The summed E-state index contributed by atoms with van der Waals surface area (Å²) in [7, 11) is 1.92. The molecule has 1 aromatic carbocycles. The Morgan fingerprint density at radius 1 is 1.38 bits per heavy atom. The molecule has 1 heterocycles. The Bertz CT molecular complexity index is 589. The molecule has 3 rings (SSSR count). The third-order valence-electron chi connectivity index (χ3n) is 4.12. The molecule has 3 nitrogen and oxygen atoms in total. The van der Waals surface area contributed by atoms with Crippen LogP contribution in [-0.2, 0) is 13.5 Å². The van der Waals surface area contributed by atoms with Crippen LogP contribution in [0.5, 0.6) is 0 Å². The van der Waals surface area contributed by atoms with Gasteiger partial charge in [0.25, 0.3) is 0 Å². The molecule has 1 aliphatic carbocycles. The van der Waals surface area contributed by atoms with Gasteiger partial charge in [0.05, 0.1) is 6.20 Å². The van der Waals surface area contributed by atoms with E-state index in [1.54, 1.807) is 12.1 Å². The highest BCUT2D eigenvalue weighted by molar-refractivity contribution is 5.23. The fraction of sp³-hybridized carbons (Fsp3) is 0.471.